The van der Waals surface area contributed by atoms with E-state index in [2.05, 4.69) is 0 Å². The quantitative estimate of drug-likeness (QED) is 0.828. The van der Waals surface area contributed by atoms with Crippen LogP contribution in [0, 0.1) is 0 Å². The molecule has 1 N–H and O–H groups in total. The van der Waals surface area contributed by atoms with Gasteiger partial charge in [-0.3, -0.25) is 4.79 Å². The number of amides is 1. The molecular weight excluding hydrogens is 234 g/mol. The molecule has 102 valence electrons. The lowest BCUT2D eigenvalue weighted by Gasteiger charge is -2.34. The van der Waals surface area contributed by atoms with Crippen LogP contribution >= 0.6 is 0 Å². The van der Waals surface area contributed by atoms with Crippen LogP contribution in [0.25, 0.3) is 0 Å². The molecule has 0 aromatic heterocycles. The molecule has 0 aromatic rings. The Morgan fingerprint density at radius 2 is 2.06 bits per heavy atom. The molecule has 5 heteroatoms. The van der Waals surface area contributed by atoms with Gasteiger partial charge in [-0.05, 0) is 38.5 Å². The van der Waals surface area contributed by atoms with E-state index in [1.54, 1.807) is 0 Å². The number of nitrogens with zero attached hydrogens (tertiary/aromatic N) is 1. The molecule has 3 unspecified atom stereocenters. The molecular formula is C13H21NO4. The van der Waals surface area contributed by atoms with Gasteiger partial charge in [0.25, 0.3) is 5.91 Å². The smallest absolute Gasteiger partial charge is 0.326 e. The first kappa shape index (κ1) is 13.3. The number of likely N-dealkylation sites (tertiary alicyclic amines) is 1. The van der Waals surface area contributed by atoms with Crippen LogP contribution in [0.1, 0.15) is 45.4 Å². The second kappa shape index (κ2) is 5.69. The summed E-state index contributed by atoms with van der Waals surface area (Å²) in [5.41, 5.74) is 0. The Hall–Kier alpha value is -1.10. The molecule has 1 amide bonds. The van der Waals surface area contributed by atoms with Crippen LogP contribution in [0.4, 0.5) is 0 Å². The number of ether oxygens (including phenoxy) is 1. The molecule has 0 saturated carbocycles. The van der Waals surface area contributed by atoms with E-state index < -0.39 is 18.1 Å². The predicted octanol–water partition coefficient (Wildman–Crippen LogP) is 1.41. The molecule has 0 aliphatic carbocycles. The van der Waals surface area contributed by atoms with Gasteiger partial charge in [-0.15, -0.1) is 0 Å². The van der Waals surface area contributed by atoms with Gasteiger partial charge in [0.1, 0.15) is 12.1 Å². The van der Waals surface area contributed by atoms with Gasteiger partial charge in [0.05, 0.1) is 6.10 Å². The highest BCUT2D eigenvalue weighted by Gasteiger charge is 2.38. The number of carboxylic acids is 1. The van der Waals surface area contributed by atoms with Gasteiger partial charge < -0.3 is 14.7 Å². The fourth-order valence-corrected chi connectivity index (χ4v) is 2.82. The molecule has 18 heavy (non-hydrogen) atoms. The van der Waals surface area contributed by atoms with Crippen molar-refractivity contribution in [3.8, 4) is 0 Å². The average Bonchev–Trinajstić information content (AvgIpc) is 2.86. The van der Waals surface area contributed by atoms with Gasteiger partial charge in [0, 0.05) is 6.54 Å². The second-order valence-corrected chi connectivity index (χ2v) is 5.11. The molecule has 2 heterocycles. The number of piperidine rings is 1. The van der Waals surface area contributed by atoms with Crippen LogP contribution in [-0.2, 0) is 14.3 Å². The zero-order valence-corrected chi connectivity index (χ0v) is 10.8. The summed E-state index contributed by atoms with van der Waals surface area (Å²) >= 11 is 0. The Morgan fingerprint density at radius 3 is 2.67 bits per heavy atom. The highest BCUT2D eigenvalue weighted by atomic mass is 16.5. The topological polar surface area (TPSA) is 66.8 Å². The fourth-order valence-electron chi connectivity index (χ4n) is 2.82. The van der Waals surface area contributed by atoms with Crippen LogP contribution in [0.5, 0.6) is 0 Å². The third-order valence-electron chi connectivity index (χ3n) is 3.91. The van der Waals surface area contributed by atoms with Gasteiger partial charge >= 0.3 is 5.97 Å². The van der Waals surface area contributed by atoms with Crippen molar-refractivity contribution in [1.29, 1.82) is 0 Å². The monoisotopic (exact) mass is 255 g/mol. The van der Waals surface area contributed by atoms with E-state index in [1.165, 1.54) is 4.90 Å². The first-order valence-electron chi connectivity index (χ1n) is 6.82. The summed E-state index contributed by atoms with van der Waals surface area (Å²) in [7, 11) is 0. The molecule has 2 saturated heterocycles. The SMILES string of the molecule is CCC1CCC(C(=O)N2CCCCC2C(=O)O)O1. The van der Waals surface area contributed by atoms with E-state index in [1.807, 2.05) is 6.92 Å². The molecule has 2 fully saturated rings. The third-order valence-corrected chi connectivity index (χ3v) is 3.91. The van der Waals surface area contributed by atoms with Crippen molar-refractivity contribution < 1.29 is 19.4 Å². The highest BCUT2D eigenvalue weighted by Crippen LogP contribution is 2.26. The van der Waals surface area contributed by atoms with E-state index in [0.29, 0.717) is 13.0 Å². The second-order valence-electron chi connectivity index (χ2n) is 5.11. The first-order valence-corrected chi connectivity index (χ1v) is 6.82. The van der Waals surface area contributed by atoms with Crippen molar-refractivity contribution in [2.75, 3.05) is 6.54 Å². The van der Waals surface area contributed by atoms with E-state index in [4.69, 9.17) is 9.84 Å². The molecule has 2 aliphatic heterocycles. The van der Waals surface area contributed by atoms with Crippen LogP contribution in [0.3, 0.4) is 0 Å². The number of carboxylic acid groups (broad SMARTS) is 1. The summed E-state index contributed by atoms with van der Waals surface area (Å²) < 4.78 is 5.67. The third kappa shape index (κ3) is 2.66. The molecule has 5 nitrogen and oxygen atoms in total. The Labute approximate surface area is 107 Å². The predicted molar refractivity (Wildman–Crippen MR) is 65.2 cm³/mol. The number of hydrogen-bond donors (Lipinski definition) is 1. The zero-order valence-electron chi connectivity index (χ0n) is 10.8. The largest absolute Gasteiger partial charge is 0.480 e. The maximum atomic E-state index is 12.3. The van der Waals surface area contributed by atoms with Crippen LogP contribution in [0.2, 0.25) is 0 Å². The van der Waals surface area contributed by atoms with Crippen molar-refractivity contribution in [3.05, 3.63) is 0 Å². The van der Waals surface area contributed by atoms with Crippen LogP contribution < -0.4 is 0 Å². The first-order chi connectivity index (χ1) is 8.63. The minimum absolute atomic E-state index is 0.127. The van der Waals surface area contributed by atoms with E-state index in [-0.39, 0.29) is 12.0 Å². The molecule has 3 atom stereocenters. The lowest BCUT2D eigenvalue weighted by atomic mass is 10.0. The van der Waals surface area contributed by atoms with E-state index in [9.17, 15) is 9.59 Å². The summed E-state index contributed by atoms with van der Waals surface area (Å²) in [5.74, 6) is -1.02. The minimum atomic E-state index is -0.895. The summed E-state index contributed by atoms with van der Waals surface area (Å²) in [4.78, 5) is 25.0. The molecule has 0 bridgehead atoms. The number of rotatable bonds is 3. The van der Waals surface area contributed by atoms with Crippen molar-refractivity contribution in [1.82, 2.24) is 4.90 Å². The van der Waals surface area contributed by atoms with Gasteiger partial charge in [-0.25, -0.2) is 4.79 Å². The maximum Gasteiger partial charge on any atom is 0.326 e. The molecule has 0 spiro atoms. The summed E-state index contributed by atoms with van der Waals surface area (Å²) in [6, 6.07) is -0.657. The number of carbonyl (C=O) groups is 2. The van der Waals surface area contributed by atoms with Crippen molar-refractivity contribution >= 4 is 11.9 Å². The summed E-state index contributed by atoms with van der Waals surface area (Å²) in [6.07, 6.45) is 4.60. The van der Waals surface area contributed by atoms with Crippen molar-refractivity contribution in [2.45, 2.75) is 63.7 Å². The normalized spacial score (nSPS) is 32.5. The van der Waals surface area contributed by atoms with Crippen molar-refractivity contribution in [2.24, 2.45) is 0 Å². The maximum absolute atomic E-state index is 12.3. The number of aliphatic carboxylic acids is 1. The average molecular weight is 255 g/mol. The van der Waals surface area contributed by atoms with E-state index in [0.717, 1.165) is 32.1 Å². The fraction of sp³-hybridized carbons (Fsp3) is 0.846. The Bertz CT molecular complexity index is 331. The Kier molecular flexibility index (Phi) is 4.22. The standard InChI is InChI=1S/C13H21NO4/c1-2-9-6-7-11(18-9)12(15)14-8-4-3-5-10(14)13(16)17/h9-11H,2-8H2,1H3,(H,16,17). The van der Waals surface area contributed by atoms with Gasteiger partial charge in [0.2, 0.25) is 0 Å². The molecule has 2 aliphatic rings. The minimum Gasteiger partial charge on any atom is -0.480 e. The summed E-state index contributed by atoms with van der Waals surface area (Å²) in [6.45, 7) is 2.59. The van der Waals surface area contributed by atoms with Gasteiger partial charge in [-0.2, -0.15) is 0 Å². The van der Waals surface area contributed by atoms with Crippen molar-refractivity contribution in [3.63, 3.8) is 0 Å². The van der Waals surface area contributed by atoms with E-state index >= 15 is 0 Å². The van der Waals surface area contributed by atoms with Gasteiger partial charge in [-0.1, -0.05) is 6.92 Å². The molecule has 0 radical (unpaired) electrons. The van der Waals surface area contributed by atoms with Crippen LogP contribution in [0.15, 0.2) is 0 Å². The van der Waals surface area contributed by atoms with Gasteiger partial charge in [0.15, 0.2) is 0 Å². The zero-order chi connectivity index (χ0) is 13.1. The Morgan fingerprint density at radius 1 is 1.28 bits per heavy atom. The number of hydrogen-bond acceptors (Lipinski definition) is 3. The molecule has 2 rings (SSSR count). The highest BCUT2D eigenvalue weighted by molar-refractivity contribution is 5.86. The summed E-state index contributed by atoms with van der Waals surface area (Å²) in [5, 5.41) is 9.16. The number of carbonyl (C=O) groups excluding carboxylic acids is 1. The molecule has 0 aromatic carbocycles. The van der Waals surface area contributed by atoms with Crippen LogP contribution in [-0.4, -0.2) is 46.7 Å². The Balaban J connectivity index is 2.00. The lowest BCUT2D eigenvalue weighted by Crippen LogP contribution is -2.51. The lowest BCUT2D eigenvalue weighted by molar-refractivity contribution is -0.157.